The first kappa shape index (κ1) is 22.2. The molecule has 24 heavy (non-hydrogen) atoms. The summed E-state index contributed by atoms with van der Waals surface area (Å²) in [5.41, 5.74) is 0. The van der Waals surface area contributed by atoms with Crippen molar-refractivity contribution in [2.75, 3.05) is 32.4 Å². The molecule has 2 aliphatic rings. The van der Waals surface area contributed by atoms with Gasteiger partial charge in [0.15, 0.2) is 5.96 Å². The number of nitrogens with one attached hydrogen (secondary N) is 1. The van der Waals surface area contributed by atoms with Crippen molar-refractivity contribution in [3.63, 3.8) is 0 Å². The van der Waals surface area contributed by atoms with E-state index in [1.54, 1.807) is 7.05 Å². The third-order valence-corrected chi connectivity index (χ3v) is 6.23. The molecule has 1 aliphatic heterocycles. The van der Waals surface area contributed by atoms with E-state index >= 15 is 0 Å². The molecule has 2 rings (SSSR count). The van der Waals surface area contributed by atoms with Crippen molar-refractivity contribution < 1.29 is 13.2 Å². The zero-order valence-corrected chi connectivity index (χ0v) is 17.5. The zero-order chi connectivity index (χ0) is 16.8. The Bertz CT molecular complexity index is 393. The second kappa shape index (κ2) is 10.3. The standard InChI is InChI=1S/C16H28F3N3S.HI/c1-20-14(21-10-6-5-9-16(17,18)19)22-11-12-23-15(13-22)7-3-2-4-8-15;/h2-13H2,1H3,(H,20,21);1H. The van der Waals surface area contributed by atoms with Crippen molar-refractivity contribution in [1.82, 2.24) is 10.2 Å². The molecular formula is C16H29F3IN3S. The lowest BCUT2D eigenvalue weighted by Crippen LogP contribution is -2.53. The minimum absolute atomic E-state index is 0. The average molecular weight is 479 g/mol. The molecule has 1 N–H and O–H groups in total. The summed E-state index contributed by atoms with van der Waals surface area (Å²) in [6.07, 6.45) is 2.46. The molecule has 0 aromatic heterocycles. The maximum absolute atomic E-state index is 12.1. The highest BCUT2D eigenvalue weighted by Crippen LogP contribution is 2.42. The van der Waals surface area contributed by atoms with E-state index in [2.05, 4.69) is 27.0 Å². The van der Waals surface area contributed by atoms with Crippen molar-refractivity contribution in [3.05, 3.63) is 0 Å². The minimum Gasteiger partial charge on any atom is -0.356 e. The number of hydrogen-bond acceptors (Lipinski definition) is 2. The predicted molar refractivity (Wildman–Crippen MR) is 107 cm³/mol. The predicted octanol–water partition coefficient (Wildman–Crippen LogP) is 4.66. The Morgan fingerprint density at radius 3 is 2.54 bits per heavy atom. The molecule has 1 spiro atoms. The van der Waals surface area contributed by atoms with Crippen LogP contribution in [0.3, 0.4) is 0 Å². The average Bonchev–Trinajstić information content (AvgIpc) is 2.50. The van der Waals surface area contributed by atoms with Gasteiger partial charge < -0.3 is 10.2 Å². The van der Waals surface area contributed by atoms with Crippen LogP contribution in [0.5, 0.6) is 0 Å². The first-order chi connectivity index (χ1) is 10.9. The molecule has 142 valence electrons. The van der Waals surface area contributed by atoms with Crippen LogP contribution in [0.1, 0.15) is 51.4 Å². The van der Waals surface area contributed by atoms with Crippen LogP contribution in [0, 0.1) is 0 Å². The quantitative estimate of drug-likeness (QED) is 0.275. The molecule has 8 heteroatoms. The molecule has 0 unspecified atom stereocenters. The number of alkyl halides is 3. The molecular weight excluding hydrogens is 450 g/mol. The van der Waals surface area contributed by atoms with E-state index in [4.69, 9.17) is 0 Å². The number of nitrogens with zero attached hydrogens (tertiary/aromatic N) is 2. The lowest BCUT2D eigenvalue weighted by atomic mass is 9.87. The Hall–Kier alpha value is 0.140. The Morgan fingerprint density at radius 1 is 1.21 bits per heavy atom. The van der Waals surface area contributed by atoms with Crippen molar-refractivity contribution in [2.45, 2.75) is 62.3 Å². The third kappa shape index (κ3) is 7.17. The van der Waals surface area contributed by atoms with E-state index < -0.39 is 12.6 Å². The molecule has 0 aromatic carbocycles. The van der Waals surface area contributed by atoms with Gasteiger partial charge in [-0.3, -0.25) is 4.99 Å². The number of guanidine groups is 1. The molecule has 0 atom stereocenters. The van der Waals surface area contributed by atoms with E-state index in [0.717, 1.165) is 24.8 Å². The van der Waals surface area contributed by atoms with Gasteiger partial charge >= 0.3 is 6.18 Å². The highest BCUT2D eigenvalue weighted by molar-refractivity contribution is 14.0. The lowest BCUT2D eigenvalue weighted by molar-refractivity contribution is -0.135. The molecule has 0 aromatic rings. The van der Waals surface area contributed by atoms with Crippen molar-refractivity contribution in [3.8, 4) is 0 Å². The van der Waals surface area contributed by atoms with E-state index in [9.17, 15) is 13.2 Å². The smallest absolute Gasteiger partial charge is 0.356 e. The van der Waals surface area contributed by atoms with Crippen LogP contribution in [-0.2, 0) is 0 Å². The van der Waals surface area contributed by atoms with Crippen LogP contribution >= 0.6 is 35.7 Å². The molecule has 1 heterocycles. The van der Waals surface area contributed by atoms with E-state index in [1.165, 1.54) is 32.1 Å². The maximum atomic E-state index is 12.1. The van der Waals surface area contributed by atoms with Gasteiger partial charge in [-0.15, -0.1) is 24.0 Å². The lowest BCUT2D eigenvalue weighted by Gasteiger charge is -2.45. The molecule has 0 bridgehead atoms. The van der Waals surface area contributed by atoms with Crippen LogP contribution < -0.4 is 5.32 Å². The number of hydrogen-bond donors (Lipinski definition) is 1. The fourth-order valence-corrected chi connectivity index (χ4v) is 5.08. The topological polar surface area (TPSA) is 27.6 Å². The van der Waals surface area contributed by atoms with Gasteiger partial charge in [0.25, 0.3) is 0 Å². The number of unbranched alkanes of at least 4 members (excludes halogenated alkanes) is 1. The van der Waals surface area contributed by atoms with Gasteiger partial charge in [0.2, 0.25) is 0 Å². The first-order valence-corrected chi connectivity index (χ1v) is 9.59. The Balaban J connectivity index is 0.00000288. The molecule has 1 saturated carbocycles. The molecule has 1 saturated heterocycles. The summed E-state index contributed by atoms with van der Waals surface area (Å²) in [5.74, 6) is 1.96. The van der Waals surface area contributed by atoms with Crippen molar-refractivity contribution in [1.29, 1.82) is 0 Å². The summed E-state index contributed by atoms with van der Waals surface area (Å²) in [6, 6.07) is 0. The van der Waals surface area contributed by atoms with E-state index in [1.807, 2.05) is 0 Å². The summed E-state index contributed by atoms with van der Waals surface area (Å²) in [5, 5.41) is 3.25. The largest absolute Gasteiger partial charge is 0.389 e. The van der Waals surface area contributed by atoms with Crippen LogP contribution in [0.2, 0.25) is 0 Å². The zero-order valence-electron chi connectivity index (χ0n) is 14.3. The summed E-state index contributed by atoms with van der Waals surface area (Å²) in [6.45, 7) is 2.54. The molecule has 0 radical (unpaired) electrons. The van der Waals surface area contributed by atoms with Crippen LogP contribution in [0.15, 0.2) is 4.99 Å². The maximum Gasteiger partial charge on any atom is 0.389 e. The summed E-state index contributed by atoms with van der Waals surface area (Å²) in [7, 11) is 1.76. The summed E-state index contributed by atoms with van der Waals surface area (Å²) >= 11 is 2.10. The van der Waals surface area contributed by atoms with Crippen LogP contribution in [0.4, 0.5) is 13.2 Å². The summed E-state index contributed by atoms with van der Waals surface area (Å²) in [4.78, 5) is 6.63. The second-order valence-electron chi connectivity index (χ2n) is 6.56. The normalized spacial score (nSPS) is 21.5. The minimum atomic E-state index is -4.04. The van der Waals surface area contributed by atoms with Gasteiger partial charge in [-0.1, -0.05) is 19.3 Å². The summed E-state index contributed by atoms with van der Waals surface area (Å²) < 4.78 is 36.8. The number of thioether (sulfide) groups is 1. The molecule has 0 amide bonds. The fraction of sp³-hybridized carbons (Fsp3) is 0.938. The fourth-order valence-electron chi connectivity index (χ4n) is 3.51. The molecule has 3 nitrogen and oxygen atoms in total. The number of rotatable bonds is 4. The third-order valence-electron chi connectivity index (χ3n) is 4.69. The molecule has 2 fully saturated rings. The van der Waals surface area contributed by atoms with Gasteiger partial charge in [0, 0.05) is 43.6 Å². The Morgan fingerprint density at radius 2 is 1.92 bits per heavy atom. The number of halogens is 4. The van der Waals surface area contributed by atoms with Gasteiger partial charge in [-0.2, -0.15) is 24.9 Å². The Labute approximate surface area is 164 Å². The highest BCUT2D eigenvalue weighted by atomic mass is 127. The van der Waals surface area contributed by atoms with Gasteiger partial charge in [-0.05, 0) is 25.7 Å². The van der Waals surface area contributed by atoms with Gasteiger partial charge in [-0.25, -0.2) is 0 Å². The first-order valence-electron chi connectivity index (χ1n) is 8.60. The van der Waals surface area contributed by atoms with Crippen molar-refractivity contribution in [2.24, 2.45) is 4.99 Å². The van der Waals surface area contributed by atoms with Gasteiger partial charge in [0.05, 0.1) is 0 Å². The van der Waals surface area contributed by atoms with Crippen LogP contribution in [-0.4, -0.2) is 54.2 Å². The Kier molecular flexibility index (Phi) is 9.55. The SMILES string of the molecule is CN=C(NCCCCC(F)(F)F)N1CCSC2(CCCCC2)C1.I. The van der Waals surface area contributed by atoms with Gasteiger partial charge in [0.1, 0.15) is 0 Å². The molecule has 1 aliphatic carbocycles. The van der Waals surface area contributed by atoms with E-state index in [-0.39, 0.29) is 30.4 Å². The monoisotopic (exact) mass is 479 g/mol. The number of aliphatic imine (C=N–C) groups is 1. The highest BCUT2D eigenvalue weighted by Gasteiger charge is 2.38. The van der Waals surface area contributed by atoms with Crippen LogP contribution in [0.25, 0.3) is 0 Å². The van der Waals surface area contributed by atoms with Crippen molar-refractivity contribution >= 4 is 41.7 Å². The second-order valence-corrected chi connectivity index (χ2v) is 8.12. The van der Waals surface area contributed by atoms with E-state index in [0.29, 0.717) is 17.7 Å².